The second kappa shape index (κ2) is 6.44. The van der Waals surface area contributed by atoms with E-state index in [-0.39, 0.29) is 12.0 Å². The van der Waals surface area contributed by atoms with Gasteiger partial charge in [-0.1, -0.05) is 0 Å². The number of morpholine rings is 1. The van der Waals surface area contributed by atoms with Crippen molar-refractivity contribution in [3.8, 4) is 0 Å². The summed E-state index contributed by atoms with van der Waals surface area (Å²) in [6, 6.07) is 7.13. The number of rotatable bonds is 3. The molecule has 3 aromatic rings. The molecule has 0 spiro atoms. The van der Waals surface area contributed by atoms with Gasteiger partial charge in [0.1, 0.15) is 5.82 Å². The van der Waals surface area contributed by atoms with Crippen LogP contribution in [0.3, 0.4) is 0 Å². The van der Waals surface area contributed by atoms with E-state index in [2.05, 4.69) is 30.5 Å². The number of nitrogens with one attached hydrogen (secondary N) is 1. The van der Waals surface area contributed by atoms with Crippen molar-refractivity contribution >= 4 is 23.2 Å². The highest BCUT2D eigenvalue weighted by atomic mass is 16.5. The minimum atomic E-state index is -0.340. The number of imidazole rings is 1. The highest BCUT2D eigenvalue weighted by Crippen LogP contribution is 2.17. The molecule has 9 nitrogen and oxygen atoms in total. The first kappa shape index (κ1) is 15.5. The van der Waals surface area contributed by atoms with Crippen LogP contribution in [0.4, 0.5) is 11.6 Å². The third kappa shape index (κ3) is 3.13. The molecule has 25 heavy (non-hydrogen) atoms. The number of hydrogen-bond donors (Lipinski definition) is 1. The predicted molar refractivity (Wildman–Crippen MR) is 90.6 cm³/mol. The monoisotopic (exact) mass is 339 g/mol. The van der Waals surface area contributed by atoms with Gasteiger partial charge in [-0.2, -0.15) is 5.10 Å². The Morgan fingerprint density at radius 3 is 3.08 bits per heavy atom. The molecular weight excluding hydrogens is 322 g/mol. The van der Waals surface area contributed by atoms with Gasteiger partial charge in [0.15, 0.2) is 17.2 Å². The molecule has 128 valence electrons. The minimum Gasteiger partial charge on any atom is -0.375 e. The molecule has 1 aliphatic heterocycles. The van der Waals surface area contributed by atoms with E-state index in [9.17, 15) is 4.79 Å². The van der Waals surface area contributed by atoms with E-state index in [0.29, 0.717) is 23.8 Å². The maximum Gasteiger partial charge on any atom is 0.277 e. The molecule has 0 aliphatic carbocycles. The Labute approximate surface area is 143 Å². The Hall–Kier alpha value is -3.07. The van der Waals surface area contributed by atoms with Crippen molar-refractivity contribution in [3.05, 3.63) is 42.4 Å². The van der Waals surface area contributed by atoms with Crippen LogP contribution in [0.25, 0.3) is 5.65 Å². The maximum atomic E-state index is 12.5. The number of amides is 1. The molecule has 0 bridgehead atoms. The van der Waals surface area contributed by atoms with Gasteiger partial charge in [-0.25, -0.2) is 9.50 Å². The van der Waals surface area contributed by atoms with Crippen LogP contribution in [0.2, 0.25) is 0 Å². The second-order valence-electron chi connectivity index (χ2n) is 5.80. The molecule has 1 N–H and O–H groups in total. The van der Waals surface area contributed by atoms with E-state index in [1.807, 2.05) is 19.1 Å². The van der Waals surface area contributed by atoms with Crippen molar-refractivity contribution in [1.82, 2.24) is 24.8 Å². The topological polar surface area (TPSA) is 97.5 Å². The first-order valence-corrected chi connectivity index (χ1v) is 8.01. The van der Waals surface area contributed by atoms with E-state index >= 15 is 0 Å². The molecule has 0 saturated carbocycles. The standard InChI is InChI=1S/C16H17N7O2/c1-11-10-22(7-8-25-11)15-5-4-14-17-9-12(23(14)21-15)16(24)19-13-3-2-6-18-20-13/h2-6,9,11H,7-8,10H2,1H3,(H,19,20,24). The summed E-state index contributed by atoms with van der Waals surface area (Å²) in [5, 5.41) is 14.9. The molecule has 1 atom stereocenters. The Kier molecular flexibility index (Phi) is 3.98. The van der Waals surface area contributed by atoms with Gasteiger partial charge in [-0.05, 0) is 31.2 Å². The normalized spacial score (nSPS) is 17.6. The zero-order chi connectivity index (χ0) is 17.2. The molecule has 0 aromatic carbocycles. The van der Waals surface area contributed by atoms with Crippen LogP contribution in [-0.2, 0) is 4.74 Å². The lowest BCUT2D eigenvalue weighted by Crippen LogP contribution is -2.41. The Bertz CT molecular complexity index is 896. The summed E-state index contributed by atoms with van der Waals surface area (Å²) in [7, 11) is 0. The number of carbonyl (C=O) groups is 1. The third-order valence-electron chi connectivity index (χ3n) is 3.96. The largest absolute Gasteiger partial charge is 0.375 e. The SMILES string of the molecule is CC1CN(c2ccc3ncc(C(=O)Nc4cccnn4)n3n2)CCO1. The number of ether oxygens (including phenoxy) is 1. The summed E-state index contributed by atoms with van der Waals surface area (Å²) >= 11 is 0. The van der Waals surface area contributed by atoms with Gasteiger partial charge in [0.2, 0.25) is 0 Å². The number of hydrogen-bond acceptors (Lipinski definition) is 7. The first-order valence-electron chi connectivity index (χ1n) is 8.01. The highest BCUT2D eigenvalue weighted by molar-refractivity contribution is 6.02. The summed E-state index contributed by atoms with van der Waals surface area (Å²) in [5.74, 6) is 0.822. The van der Waals surface area contributed by atoms with Crippen LogP contribution in [-0.4, -0.2) is 56.5 Å². The number of anilines is 2. The van der Waals surface area contributed by atoms with Crippen LogP contribution >= 0.6 is 0 Å². The molecule has 9 heteroatoms. The van der Waals surface area contributed by atoms with Gasteiger partial charge in [-0.3, -0.25) is 4.79 Å². The number of fused-ring (bicyclic) bond motifs is 1. The van der Waals surface area contributed by atoms with Gasteiger partial charge in [-0.15, -0.1) is 10.2 Å². The molecule has 0 radical (unpaired) electrons. The third-order valence-corrected chi connectivity index (χ3v) is 3.96. The Morgan fingerprint density at radius 1 is 1.36 bits per heavy atom. The first-order chi connectivity index (χ1) is 12.2. The lowest BCUT2D eigenvalue weighted by Gasteiger charge is -2.31. The van der Waals surface area contributed by atoms with Crippen LogP contribution in [0.5, 0.6) is 0 Å². The summed E-state index contributed by atoms with van der Waals surface area (Å²) in [5.41, 5.74) is 0.943. The van der Waals surface area contributed by atoms with Crippen molar-refractivity contribution in [2.24, 2.45) is 0 Å². The molecule has 4 heterocycles. The van der Waals surface area contributed by atoms with Gasteiger partial charge in [0, 0.05) is 19.3 Å². The van der Waals surface area contributed by atoms with Crippen LogP contribution in [0, 0.1) is 0 Å². The van der Waals surface area contributed by atoms with E-state index < -0.39 is 0 Å². The van der Waals surface area contributed by atoms with E-state index in [4.69, 9.17) is 4.74 Å². The van der Waals surface area contributed by atoms with Crippen LogP contribution in [0.15, 0.2) is 36.7 Å². The molecule has 1 fully saturated rings. The molecule has 4 rings (SSSR count). The number of nitrogens with zero attached hydrogens (tertiary/aromatic N) is 6. The highest BCUT2D eigenvalue weighted by Gasteiger charge is 2.20. The van der Waals surface area contributed by atoms with Gasteiger partial charge in [0.05, 0.1) is 18.9 Å². The van der Waals surface area contributed by atoms with Gasteiger partial charge < -0.3 is 15.0 Å². The van der Waals surface area contributed by atoms with Crippen molar-refractivity contribution in [1.29, 1.82) is 0 Å². The van der Waals surface area contributed by atoms with Gasteiger partial charge in [0.25, 0.3) is 5.91 Å². The van der Waals surface area contributed by atoms with E-state index in [1.54, 1.807) is 22.8 Å². The maximum absolute atomic E-state index is 12.5. The summed E-state index contributed by atoms with van der Waals surface area (Å²) in [6.07, 6.45) is 3.19. The zero-order valence-corrected chi connectivity index (χ0v) is 13.7. The average Bonchev–Trinajstić information content (AvgIpc) is 3.06. The quantitative estimate of drug-likeness (QED) is 0.760. The minimum absolute atomic E-state index is 0.147. The molecule has 1 unspecified atom stereocenters. The lowest BCUT2D eigenvalue weighted by atomic mass is 10.3. The predicted octanol–water partition coefficient (Wildman–Crippen LogP) is 0.997. The molecule has 1 aliphatic rings. The molecule has 1 amide bonds. The average molecular weight is 339 g/mol. The summed E-state index contributed by atoms with van der Waals surface area (Å²) in [4.78, 5) is 18.9. The lowest BCUT2D eigenvalue weighted by molar-refractivity contribution is 0.0528. The van der Waals surface area contributed by atoms with Crippen molar-refractivity contribution in [2.45, 2.75) is 13.0 Å². The van der Waals surface area contributed by atoms with Crippen molar-refractivity contribution in [2.75, 3.05) is 29.9 Å². The van der Waals surface area contributed by atoms with Gasteiger partial charge >= 0.3 is 0 Å². The molecular formula is C16H17N7O2. The number of aromatic nitrogens is 5. The summed E-state index contributed by atoms with van der Waals surface area (Å²) < 4.78 is 7.11. The second-order valence-corrected chi connectivity index (χ2v) is 5.80. The van der Waals surface area contributed by atoms with E-state index in [0.717, 1.165) is 18.9 Å². The fourth-order valence-electron chi connectivity index (χ4n) is 2.76. The molecule has 1 saturated heterocycles. The smallest absolute Gasteiger partial charge is 0.277 e. The fourth-order valence-corrected chi connectivity index (χ4v) is 2.76. The van der Waals surface area contributed by atoms with Crippen molar-refractivity contribution < 1.29 is 9.53 Å². The Morgan fingerprint density at radius 2 is 2.28 bits per heavy atom. The number of carbonyl (C=O) groups excluding carboxylic acids is 1. The Balaban J connectivity index is 1.63. The molecule has 3 aromatic heterocycles. The van der Waals surface area contributed by atoms with Crippen LogP contribution in [0.1, 0.15) is 17.4 Å². The van der Waals surface area contributed by atoms with Crippen LogP contribution < -0.4 is 10.2 Å². The van der Waals surface area contributed by atoms with E-state index in [1.165, 1.54) is 6.20 Å². The summed E-state index contributed by atoms with van der Waals surface area (Å²) in [6.45, 7) is 4.21. The van der Waals surface area contributed by atoms with Crippen molar-refractivity contribution in [3.63, 3.8) is 0 Å². The fraction of sp³-hybridized carbons (Fsp3) is 0.312. The zero-order valence-electron chi connectivity index (χ0n) is 13.7.